The van der Waals surface area contributed by atoms with Gasteiger partial charge in [-0.15, -0.1) is 11.6 Å². The molecule has 0 radical (unpaired) electrons. The van der Waals surface area contributed by atoms with Crippen molar-refractivity contribution >= 4 is 11.6 Å². The first-order chi connectivity index (χ1) is 8.45. The Morgan fingerprint density at radius 3 is 2.11 bits per heavy atom. The Balaban J connectivity index is 2.86. The van der Waals surface area contributed by atoms with Crippen LogP contribution in [0.25, 0.3) is 0 Å². The molecule has 0 N–H and O–H groups in total. The molecule has 0 amide bonds. The Morgan fingerprint density at radius 2 is 1.67 bits per heavy atom. The summed E-state index contributed by atoms with van der Waals surface area (Å²) in [7, 11) is 0. The second-order valence-corrected chi connectivity index (χ2v) is 5.86. The monoisotopic (exact) mass is 267 g/mol. The first kappa shape index (κ1) is 15.5. The highest BCUT2D eigenvalue weighted by atomic mass is 35.5. The maximum atomic E-state index is 5.81. The molecule has 0 bridgehead atoms. The van der Waals surface area contributed by atoms with Crippen molar-refractivity contribution in [1.82, 2.24) is 4.90 Å². The Labute approximate surface area is 117 Å². The molecular formula is C16H26ClN. The summed E-state index contributed by atoms with van der Waals surface area (Å²) in [6.45, 7) is 13.2. The van der Waals surface area contributed by atoms with Gasteiger partial charge < -0.3 is 0 Å². The second kappa shape index (κ2) is 7.16. The van der Waals surface area contributed by atoms with Crippen LogP contribution < -0.4 is 0 Å². The lowest BCUT2D eigenvalue weighted by atomic mass is 9.99. The van der Waals surface area contributed by atoms with Crippen LogP contribution in [-0.4, -0.2) is 23.4 Å². The van der Waals surface area contributed by atoms with Gasteiger partial charge in [-0.1, -0.05) is 17.7 Å². The predicted molar refractivity (Wildman–Crippen MR) is 81.5 cm³/mol. The lowest BCUT2D eigenvalue weighted by Gasteiger charge is -2.28. The third-order valence-electron chi connectivity index (χ3n) is 3.51. The van der Waals surface area contributed by atoms with Gasteiger partial charge in [0, 0.05) is 18.5 Å². The fourth-order valence-corrected chi connectivity index (χ4v) is 2.56. The molecule has 1 aromatic rings. The van der Waals surface area contributed by atoms with E-state index in [1.54, 1.807) is 0 Å². The number of alkyl halides is 1. The zero-order valence-corrected chi connectivity index (χ0v) is 13.1. The van der Waals surface area contributed by atoms with E-state index >= 15 is 0 Å². The van der Waals surface area contributed by atoms with E-state index < -0.39 is 0 Å². The van der Waals surface area contributed by atoms with Crippen LogP contribution in [0, 0.1) is 20.8 Å². The molecule has 0 heterocycles. The van der Waals surface area contributed by atoms with Gasteiger partial charge in [0.15, 0.2) is 0 Å². The third kappa shape index (κ3) is 4.29. The van der Waals surface area contributed by atoms with Crippen molar-refractivity contribution in [2.75, 3.05) is 12.4 Å². The van der Waals surface area contributed by atoms with E-state index in [1.807, 2.05) is 0 Å². The lowest BCUT2D eigenvalue weighted by Crippen LogP contribution is -2.32. The molecule has 1 nitrogen and oxygen atoms in total. The number of hydrogen-bond donors (Lipinski definition) is 0. The number of rotatable bonds is 6. The maximum Gasteiger partial charge on any atom is 0.0241 e. The van der Waals surface area contributed by atoms with Crippen molar-refractivity contribution in [3.8, 4) is 0 Å². The molecule has 18 heavy (non-hydrogen) atoms. The molecule has 0 spiro atoms. The first-order valence-electron chi connectivity index (χ1n) is 6.82. The van der Waals surface area contributed by atoms with Gasteiger partial charge in [-0.3, -0.25) is 4.90 Å². The average molecular weight is 268 g/mol. The van der Waals surface area contributed by atoms with Crippen molar-refractivity contribution in [2.24, 2.45) is 0 Å². The average Bonchev–Trinajstić information content (AvgIpc) is 2.26. The highest BCUT2D eigenvalue weighted by Crippen LogP contribution is 2.19. The molecule has 0 aliphatic carbocycles. The van der Waals surface area contributed by atoms with E-state index in [4.69, 9.17) is 11.6 Å². The molecule has 0 fully saturated rings. The largest absolute Gasteiger partial charge is 0.297 e. The highest BCUT2D eigenvalue weighted by molar-refractivity contribution is 6.17. The minimum absolute atomic E-state index is 0.563. The standard InChI is InChI=1S/C16H26ClN/c1-12(2)18(8-6-7-17)11-16-14(4)9-13(3)10-15(16)5/h9-10,12H,6-8,11H2,1-5H3. The smallest absolute Gasteiger partial charge is 0.0241 e. The number of aryl methyl sites for hydroxylation is 3. The maximum absolute atomic E-state index is 5.81. The number of halogens is 1. The Bertz CT molecular complexity index is 362. The minimum atomic E-state index is 0.563. The molecule has 1 aromatic carbocycles. The SMILES string of the molecule is Cc1cc(C)c(CN(CCCCl)C(C)C)c(C)c1. The molecule has 102 valence electrons. The molecule has 0 unspecified atom stereocenters. The third-order valence-corrected chi connectivity index (χ3v) is 3.78. The summed E-state index contributed by atoms with van der Waals surface area (Å²) in [5, 5.41) is 0. The van der Waals surface area contributed by atoms with Crippen molar-refractivity contribution in [1.29, 1.82) is 0 Å². The van der Waals surface area contributed by atoms with Crippen molar-refractivity contribution in [3.05, 3.63) is 34.4 Å². The number of hydrogen-bond acceptors (Lipinski definition) is 1. The summed E-state index contributed by atoms with van der Waals surface area (Å²) in [5.41, 5.74) is 5.64. The molecule has 2 heteroatoms. The Hall–Kier alpha value is -0.530. The fraction of sp³-hybridized carbons (Fsp3) is 0.625. The summed E-state index contributed by atoms with van der Waals surface area (Å²) in [4.78, 5) is 2.51. The van der Waals surface area contributed by atoms with Crippen LogP contribution in [0.4, 0.5) is 0 Å². The fourth-order valence-electron chi connectivity index (χ4n) is 2.45. The van der Waals surface area contributed by atoms with Crippen LogP contribution >= 0.6 is 11.6 Å². The lowest BCUT2D eigenvalue weighted by molar-refractivity contribution is 0.213. The first-order valence-corrected chi connectivity index (χ1v) is 7.36. The topological polar surface area (TPSA) is 3.24 Å². The molecule has 0 saturated carbocycles. The van der Waals surface area contributed by atoms with E-state index in [1.165, 1.54) is 22.3 Å². The molecule has 0 aliphatic rings. The van der Waals surface area contributed by atoms with E-state index in [0.29, 0.717) is 6.04 Å². The van der Waals surface area contributed by atoms with Crippen LogP contribution in [-0.2, 0) is 6.54 Å². The number of benzene rings is 1. The van der Waals surface area contributed by atoms with Gasteiger partial charge in [-0.25, -0.2) is 0 Å². The zero-order chi connectivity index (χ0) is 13.7. The van der Waals surface area contributed by atoms with Crippen LogP contribution in [0.1, 0.15) is 42.5 Å². The Morgan fingerprint density at radius 1 is 1.11 bits per heavy atom. The normalized spacial score (nSPS) is 11.6. The van der Waals surface area contributed by atoms with E-state index in [9.17, 15) is 0 Å². The predicted octanol–water partition coefficient (Wildman–Crippen LogP) is 4.45. The highest BCUT2D eigenvalue weighted by Gasteiger charge is 2.12. The van der Waals surface area contributed by atoms with Crippen molar-refractivity contribution in [3.63, 3.8) is 0 Å². The summed E-state index contributed by atoms with van der Waals surface area (Å²) in [6.07, 6.45) is 1.06. The van der Waals surface area contributed by atoms with Crippen molar-refractivity contribution < 1.29 is 0 Å². The second-order valence-electron chi connectivity index (χ2n) is 5.48. The van der Waals surface area contributed by atoms with Gasteiger partial charge in [-0.2, -0.15) is 0 Å². The van der Waals surface area contributed by atoms with Gasteiger partial charge in [0.2, 0.25) is 0 Å². The molecule has 0 aliphatic heterocycles. The summed E-state index contributed by atoms with van der Waals surface area (Å²) in [6, 6.07) is 5.12. The van der Waals surface area contributed by atoms with Crippen LogP contribution in [0.2, 0.25) is 0 Å². The summed E-state index contributed by atoms with van der Waals surface area (Å²) < 4.78 is 0. The van der Waals surface area contributed by atoms with E-state index in [2.05, 4.69) is 51.7 Å². The Kier molecular flexibility index (Phi) is 6.17. The van der Waals surface area contributed by atoms with Gasteiger partial charge in [0.25, 0.3) is 0 Å². The quantitative estimate of drug-likeness (QED) is 0.689. The molecule has 0 aromatic heterocycles. The molecule has 1 rings (SSSR count). The van der Waals surface area contributed by atoms with Gasteiger partial charge >= 0.3 is 0 Å². The van der Waals surface area contributed by atoms with Gasteiger partial charge in [0.1, 0.15) is 0 Å². The van der Waals surface area contributed by atoms with E-state index in [-0.39, 0.29) is 0 Å². The van der Waals surface area contributed by atoms with Crippen molar-refractivity contribution in [2.45, 2.75) is 53.6 Å². The minimum Gasteiger partial charge on any atom is -0.297 e. The van der Waals surface area contributed by atoms with Gasteiger partial charge in [-0.05, 0) is 64.3 Å². The van der Waals surface area contributed by atoms with Crippen LogP contribution in [0.3, 0.4) is 0 Å². The molecule has 0 atom stereocenters. The molecule has 0 saturated heterocycles. The summed E-state index contributed by atoms with van der Waals surface area (Å²) >= 11 is 5.81. The number of nitrogens with zero attached hydrogens (tertiary/aromatic N) is 1. The van der Waals surface area contributed by atoms with E-state index in [0.717, 1.165) is 25.4 Å². The molecular weight excluding hydrogens is 242 g/mol. The van der Waals surface area contributed by atoms with Crippen LogP contribution in [0.15, 0.2) is 12.1 Å². The van der Waals surface area contributed by atoms with Gasteiger partial charge in [0.05, 0.1) is 0 Å². The zero-order valence-electron chi connectivity index (χ0n) is 12.4. The summed E-state index contributed by atoms with van der Waals surface area (Å²) in [5.74, 6) is 0.745. The van der Waals surface area contributed by atoms with Crippen LogP contribution in [0.5, 0.6) is 0 Å².